The summed E-state index contributed by atoms with van der Waals surface area (Å²) >= 11 is 0. The molecular formula is C20H18F4N2O3S. The van der Waals surface area contributed by atoms with Gasteiger partial charge in [-0.3, -0.25) is 4.79 Å². The van der Waals surface area contributed by atoms with Crippen LogP contribution in [-0.4, -0.2) is 25.8 Å². The minimum Gasteiger partial charge on any atom is -0.325 e. The molecule has 0 radical (unpaired) electrons. The Morgan fingerprint density at radius 2 is 1.73 bits per heavy atom. The lowest BCUT2D eigenvalue weighted by atomic mass is 9.83. The Morgan fingerprint density at radius 1 is 1.13 bits per heavy atom. The van der Waals surface area contributed by atoms with E-state index < -0.39 is 50.0 Å². The van der Waals surface area contributed by atoms with Crippen molar-refractivity contribution in [3.63, 3.8) is 0 Å². The average molecular weight is 442 g/mol. The quantitative estimate of drug-likeness (QED) is 0.684. The molecule has 0 spiro atoms. The molecule has 0 heterocycles. The van der Waals surface area contributed by atoms with Gasteiger partial charge in [0.2, 0.25) is 5.91 Å². The number of amides is 1. The standard InChI is InChI=1S/C20H18F4N2O3S/c1-3-30(28,29)12-19(2,14-5-7-15(21)8-6-14)18(27)26-16-9-4-13(11-25)17(10-16)20(22,23)24/h4-10H,3,12H2,1-2H3,(H,26,27). The van der Waals surface area contributed by atoms with E-state index in [0.717, 1.165) is 24.3 Å². The molecule has 2 aromatic rings. The number of alkyl halides is 3. The van der Waals surface area contributed by atoms with E-state index in [2.05, 4.69) is 5.32 Å². The number of halogens is 4. The summed E-state index contributed by atoms with van der Waals surface area (Å²) in [5.41, 5.74) is -3.62. The van der Waals surface area contributed by atoms with Crippen LogP contribution in [0.2, 0.25) is 0 Å². The highest BCUT2D eigenvalue weighted by atomic mass is 32.2. The lowest BCUT2D eigenvalue weighted by Gasteiger charge is -2.29. The smallest absolute Gasteiger partial charge is 0.325 e. The third kappa shape index (κ3) is 5.16. The molecule has 0 saturated carbocycles. The SMILES string of the molecule is CCS(=O)(=O)CC(C)(C(=O)Nc1ccc(C#N)c(C(F)(F)F)c1)c1ccc(F)cc1. The molecule has 0 bridgehead atoms. The fourth-order valence-electron chi connectivity index (χ4n) is 2.86. The molecule has 0 aliphatic carbocycles. The Hall–Kier alpha value is -2.93. The zero-order valence-corrected chi connectivity index (χ0v) is 16.9. The number of anilines is 1. The molecule has 1 atom stereocenters. The van der Waals surface area contributed by atoms with Gasteiger partial charge < -0.3 is 5.32 Å². The zero-order chi connectivity index (χ0) is 22.7. The Bertz CT molecular complexity index is 1090. The van der Waals surface area contributed by atoms with Crippen LogP contribution in [0.15, 0.2) is 42.5 Å². The number of rotatable bonds is 6. The first-order valence-electron chi connectivity index (χ1n) is 8.71. The third-order valence-corrected chi connectivity index (χ3v) is 6.53. The van der Waals surface area contributed by atoms with Crippen LogP contribution in [0.5, 0.6) is 0 Å². The second kappa shape index (κ2) is 8.44. The number of benzene rings is 2. The summed E-state index contributed by atoms with van der Waals surface area (Å²) in [6.45, 7) is 2.71. The summed E-state index contributed by atoms with van der Waals surface area (Å²) in [5, 5.41) is 11.2. The molecule has 0 aliphatic rings. The summed E-state index contributed by atoms with van der Waals surface area (Å²) in [7, 11) is -3.69. The monoisotopic (exact) mass is 442 g/mol. The number of sulfone groups is 1. The van der Waals surface area contributed by atoms with Gasteiger partial charge in [0, 0.05) is 11.4 Å². The first-order chi connectivity index (χ1) is 13.8. The van der Waals surface area contributed by atoms with Crippen molar-refractivity contribution in [2.75, 3.05) is 16.8 Å². The van der Waals surface area contributed by atoms with E-state index in [1.54, 1.807) is 0 Å². The van der Waals surface area contributed by atoms with Crippen molar-refractivity contribution in [3.8, 4) is 6.07 Å². The second-order valence-electron chi connectivity index (χ2n) is 6.84. The zero-order valence-electron chi connectivity index (χ0n) is 16.0. The second-order valence-corrected chi connectivity index (χ2v) is 9.19. The van der Waals surface area contributed by atoms with Crippen molar-refractivity contribution in [2.45, 2.75) is 25.4 Å². The Labute approximate surface area is 171 Å². The van der Waals surface area contributed by atoms with E-state index in [1.807, 2.05) is 0 Å². The predicted octanol–water partition coefficient (Wildman–Crippen LogP) is 4.05. The van der Waals surface area contributed by atoms with Crippen molar-refractivity contribution in [1.29, 1.82) is 5.26 Å². The molecule has 1 N–H and O–H groups in total. The third-order valence-electron chi connectivity index (χ3n) is 4.63. The highest BCUT2D eigenvalue weighted by Gasteiger charge is 2.40. The Morgan fingerprint density at radius 3 is 2.23 bits per heavy atom. The van der Waals surface area contributed by atoms with E-state index in [-0.39, 0.29) is 17.0 Å². The molecule has 0 aliphatic heterocycles. The van der Waals surface area contributed by atoms with Gasteiger partial charge >= 0.3 is 6.18 Å². The summed E-state index contributed by atoms with van der Waals surface area (Å²) in [4.78, 5) is 13.0. The highest BCUT2D eigenvalue weighted by Crippen LogP contribution is 2.34. The van der Waals surface area contributed by atoms with Gasteiger partial charge in [-0.2, -0.15) is 18.4 Å². The van der Waals surface area contributed by atoms with Crippen LogP contribution in [0.4, 0.5) is 23.2 Å². The van der Waals surface area contributed by atoms with Gasteiger partial charge in [0.05, 0.1) is 28.4 Å². The largest absolute Gasteiger partial charge is 0.417 e. The van der Waals surface area contributed by atoms with Crippen LogP contribution in [0.1, 0.15) is 30.5 Å². The Kier molecular flexibility index (Phi) is 6.57. The van der Waals surface area contributed by atoms with Gasteiger partial charge in [-0.1, -0.05) is 19.1 Å². The van der Waals surface area contributed by atoms with Crippen molar-refractivity contribution >= 4 is 21.4 Å². The number of nitrogens with one attached hydrogen (secondary N) is 1. The van der Waals surface area contributed by atoms with E-state index in [1.165, 1.54) is 32.0 Å². The van der Waals surface area contributed by atoms with Gasteiger partial charge in [-0.15, -0.1) is 0 Å². The topological polar surface area (TPSA) is 87.0 Å². The Balaban J connectivity index is 2.50. The molecule has 2 aromatic carbocycles. The lowest BCUT2D eigenvalue weighted by Crippen LogP contribution is -2.43. The first-order valence-corrected chi connectivity index (χ1v) is 10.5. The van der Waals surface area contributed by atoms with Gasteiger partial charge in [-0.25, -0.2) is 12.8 Å². The van der Waals surface area contributed by atoms with Crippen LogP contribution < -0.4 is 5.32 Å². The van der Waals surface area contributed by atoms with Gasteiger partial charge in [0.15, 0.2) is 9.84 Å². The average Bonchev–Trinajstić information content (AvgIpc) is 2.67. The highest BCUT2D eigenvalue weighted by molar-refractivity contribution is 7.91. The summed E-state index contributed by atoms with van der Waals surface area (Å²) in [6, 6.07) is 8.69. The molecule has 1 amide bonds. The summed E-state index contributed by atoms with van der Waals surface area (Å²) in [6.07, 6.45) is -4.82. The van der Waals surface area contributed by atoms with E-state index >= 15 is 0 Å². The van der Waals surface area contributed by atoms with Crippen LogP contribution >= 0.6 is 0 Å². The maximum absolute atomic E-state index is 13.3. The van der Waals surface area contributed by atoms with Crippen LogP contribution in [0.25, 0.3) is 0 Å². The predicted molar refractivity (Wildman–Crippen MR) is 103 cm³/mol. The van der Waals surface area contributed by atoms with Crippen molar-refractivity contribution < 1.29 is 30.8 Å². The van der Waals surface area contributed by atoms with Gasteiger partial charge in [-0.05, 0) is 42.8 Å². The van der Waals surface area contributed by atoms with Crippen LogP contribution in [-0.2, 0) is 26.2 Å². The number of carbonyl (C=O) groups is 1. The molecule has 30 heavy (non-hydrogen) atoms. The number of carbonyl (C=O) groups excluding carboxylic acids is 1. The number of nitriles is 1. The van der Waals surface area contributed by atoms with Crippen molar-refractivity contribution in [3.05, 3.63) is 65.0 Å². The molecule has 5 nitrogen and oxygen atoms in total. The maximum Gasteiger partial charge on any atom is 0.417 e. The van der Waals surface area contributed by atoms with Crippen molar-refractivity contribution in [2.24, 2.45) is 0 Å². The molecule has 0 saturated heterocycles. The fourth-order valence-corrected chi connectivity index (χ4v) is 4.24. The van der Waals surface area contributed by atoms with Gasteiger partial charge in [0.1, 0.15) is 5.82 Å². The molecule has 1 unspecified atom stereocenters. The molecule has 10 heteroatoms. The first kappa shape index (κ1) is 23.3. The minimum absolute atomic E-state index is 0.183. The minimum atomic E-state index is -4.82. The van der Waals surface area contributed by atoms with Gasteiger partial charge in [0.25, 0.3) is 0 Å². The molecule has 2 rings (SSSR count). The maximum atomic E-state index is 13.3. The normalized spacial score (nSPS) is 13.9. The molecule has 0 fully saturated rings. The number of hydrogen-bond acceptors (Lipinski definition) is 4. The summed E-state index contributed by atoms with van der Waals surface area (Å²) < 4.78 is 77.3. The van der Waals surface area contributed by atoms with E-state index in [0.29, 0.717) is 6.07 Å². The lowest BCUT2D eigenvalue weighted by molar-refractivity contribution is -0.137. The number of hydrogen-bond donors (Lipinski definition) is 1. The summed E-state index contributed by atoms with van der Waals surface area (Å²) in [5.74, 6) is -2.37. The van der Waals surface area contributed by atoms with Crippen LogP contribution in [0.3, 0.4) is 0 Å². The molecular weight excluding hydrogens is 424 g/mol. The molecule has 0 aromatic heterocycles. The number of nitrogens with zero attached hydrogens (tertiary/aromatic N) is 1. The fraction of sp³-hybridized carbons (Fsp3) is 0.300. The van der Waals surface area contributed by atoms with E-state index in [4.69, 9.17) is 5.26 Å². The van der Waals surface area contributed by atoms with E-state index in [9.17, 15) is 30.8 Å². The van der Waals surface area contributed by atoms with Crippen molar-refractivity contribution in [1.82, 2.24) is 0 Å². The molecule has 160 valence electrons. The van der Waals surface area contributed by atoms with Crippen LogP contribution in [0, 0.1) is 17.1 Å².